The lowest BCUT2D eigenvalue weighted by molar-refractivity contribution is 0.0513. The molecule has 0 saturated heterocycles. The first kappa shape index (κ1) is 14.1. The molecule has 0 atom stereocenters. The molecule has 2 aromatic rings. The molecule has 1 aromatic heterocycles. The molecule has 1 aromatic carbocycles. The van der Waals surface area contributed by atoms with E-state index in [2.05, 4.69) is 5.10 Å². The molecule has 0 aliphatic carbocycles. The van der Waals surface area contributed by atoms with Gasteiger partial charge in [-0.3, -0.25) is 4.68 Å². The Bertz CT molecular complexity index is 588. The van der Waals surface area contributed by atoms with Crippen LogP contribution in [0, 0.1) is 0 Å². The van der Waals surface area contributed by atoms with Gasteiger partial charge in [-0.1, -0.05) is 12.1 Å². The molecular weight excluding hydrogens is 256 g/mol. The molecule has 0 aliphatic rings. The fourth-order valence-electron chi connectivity index (χ4n) is 1.96. The van der Waals surface area contributed by atoms with Gasteiger partial charge in [-0.15, -0.1) is 0 Å². The largest absolute Gasteiger partial charge is 0.497 e. The van der Waals surface area contributed by atoms with Crippen LogP contribution < -0.4 is 4.74 Å². The Labute approximate surface area is 118 Å². The van der Waals surface area contributed by atoms with Crippen LogP contribution in [-0.4, -0.2) is 29.5 Å². The smallest absolute Gasteiger partial charge is 0.356 e. The molecule has 0 bridgehead atoms. The fourth-order valence-corrected chi connectivity index (χ4v) is 1.96. The Hall–Kier alpha value is -2.30. The number of carbonyl (C=O) groups excluding carboxylic acids is 1. The Balaban J connectivity index is 2.13. The maximum absolute atomic E-state index is 11.7. The average molecular weight is 274 g/mol. The van der Waals surface area contributed by atoms with E-state index in [0.29, 0.717) is 18.7 Å². The van der Waals surface area contributed by atoms with Crippen molar-refractivity contribution in [3.8, 4) is 5.75 Å². The number of nitrogens with zero attached hydrogens (tertiary/aromatic N) is 2. The molecule has 0 N–H and O–H groups in total. The average Bonchev–Trinajstić information content (AvgIpc) is 2.81. The molecule has 0 amide bonds. The minimum Gasteiger partial charge on any atom is -0.497 e. The highest BCUT2D eigenvalue weighted by Gasteiger charge is 2.14. The van der Waals surface area contributed by atoms with Gasteiger partial charge < -0.3 is 9.47 Å². The number of ether oxygens (including phenoxy) is 2. The number of hydrogen-bond acceptors (Lipinski definition) is 4. The summed E-state index contributed by atoms with van der Waals surface area (Å²) in [5, 5.41) is 4.34. The zero-order chi connectivity index (χ0) is 14.5. The van der Waals surface area contributed by atoms with E-state index in [4.69, 9.17) is 9.47 Å². The van der Waals surface area contributed by atoms with E-state index in [-0.39, 0.29) is 5.97 Å². The van der Waals surface area contributed by atoms with Gasteiger partial charge in [0.25, 0.3) is 0 Å². The van der Waals surface area contributed by atoms with Gasteiger partial charge in [-0.25, -0.2) is 4.79 Å². The molecule has 0 fully saturated rings. The third-order valence-corrected chi connectivity index (χ3v) is 2.96. The zero-order valence-corrected chi connectivity index (χ0v) is 11.9. The molecule has 0 spiro atoms. The van der Waals surface area contributed by atoms with Crippen LogP contribution in [0.5, 0.6) is 5.75 Å². The molecular formula is C15H18N2O3. The topological polar surface area (TPSA) is 53.4 Å². The second-order valence-corrected chi connectivity index (χ2v) is 4.39. The second-order valence-electron chi connectivity index (χ2n) is 4.39. The third kappa shape index (κ3) is 3.17. The van der Waals surface area contributed by atoms with Gasteiger partial charge >= 0.3 is 5.97 Å². The number of methoxy groups -OCH3 is 1. The molecule has 0 radical (unpaired) electrons. The van der Waals surface area contributed by atoms with Gasteiger partial charge in [-0.2, -0.15) is 5.10 Å². The molecule has 0 saturated carbocycles. The van der Waals surface area contributed by atoms with Crippen molar-refractivity contribution in [2.24, 2.45) is 7.05 Å². The van der Waals surface area contributed by atoms with Crippen molar-refractivity contribution < 1.29 is 14.3 Å². The quantitative estimate of drug-likeness (QED) is 0.784. The Morgan fingerprint density at radius 3 is 2.60 bits per heavy atom. The number of carbonyl (C=O) groups is 1. The SMILES string of the molecule is CCOC(=O)c1cc(Cc2ccc(OC)cc2)nn1C. The van der Waals surface area contributed by atoms with E-state index >= 15 is 0 Å². The summed E-state index contributed by atoms with van der Waals surface area (Å²) in [6, 6.07) is 9.55. The van der Waals surface area contributed by atoms with Crippen molar-refractivity contribution in [3.05, 3.63) is 47.3 Å². The van der Waals surface area contributed by atoms with Crippen LogP contribution >= 0.6 is 0 Å². The van der Waals surface area contributed by atoms with E-state index in [9.17, 15) is 4.79 Å². The molecule has 5 nitrogen and oxygen atoms in total. The fraction of sp³-hybridized carbons (Fsp3) is 0.333. The van der Waals surface area contributed by atoms with Gasteiger partial charge in [-0.05, 0) is 30.7 Å². The minimum absolute atomic E-state index is 0.344. The summed E-state index contributed by atoms with van der Waals surface area (Å²) < 4.78 is 11.7. The van der Waals surface area contributed by atoms with Crippen LogP contribution in [0.3, 0.4) is 0 Å². The van der Waals surface area contributed by atoms with E-state index in [1.807, 2.05) is 24.3 Å². The maximum Gasteiger partial charge on any atom is 0.356 e. The molecule has 1 heterocycles. The molecule has 0 aliphatic heterocycles. The highest BCUT2D eigenvalue weighted by Crippen LogP contribution is 2.15. The van der Waals surface area contributed by atoms with Crippen LogP contribution in [-0.2, 0) is 18.2 Å². The number of rotatable bonds is 5. The first-order valence-corrected chi connectivity index (χ1v) is 6.47. The highest BCUT2D eigenvalue weighted by atomic mass is 16.5. The predicted molar refractivity (Wildman–Crippen MR) is 75.0 cm³/mol. The number of esters is 1. The first-order valence-electron chi connectivity index (χ1n) is 6.47. The zero-order valence-electron chi connectivity index (χ0n) is 11.9. The summed E-state index contributed by atoms with van der Waals surface area (Å²) in [5.74, 6) is 0.477. The molecule has 5 heteroatoms. The molecule has 20 heavy (non-hydrogen) atoms. The lowest BCUT2D eigenvalue weighted by atomic mass is 10.1. The molecule has 0 unspecified atom stereocenters. The van der Waals surface area contributed by atoms with Crippen LogP contribution in [0.1, 0.15) is 28.7 Å². The van der Waals surface area contributed by atoms with E-state index in [0.717, 1.165) is 17.0 Å². The highest BCUT2D eigenvalue weighted by molar-refractivity contribution is 5.87. The van der Waals surface area contributed by atoms with Crippen molar-refractivity contribution >= 4 is 5.97 Å². The van der Waals surface area contributed by atoms with Crippen LogP contribution in [0.4, 0.5) is 0 Å². The summed E-state index contributed by atoms with van der Waals surface area (Å²) in [7, 11) is 3.38. The van der Waals surface area contributed by atoms with Crippen LogP contribution in [0.25, 0.3) is 0 Å². The van der Waals surface area contributed by atoms with E-state index in [1.165, 1.54) is 0 Å². The maximum atomic E-state index is 11.7. The van der Waals surface area contributed by atoms with Gasteiger partial charge in [0.2, 0.25) is 0 Å². The summed E-state index contributed by atoms with van der Waals surface area (Å²) in [4.78, 5) is 11.7. The van der Waals surface area contributed by atoms with Crippen molar-refractivity contribution in [2.75, 3.05) is 13.7 Å². The van der Waals surface area contributed by atoms with Crippen molar-refractivity contribution in [2.45, 2.75) is 13.3 Å². The van der Waals surface area contributed by atoms with Crippen molar-refractivity contribution in [3.63, 3.8) is 0 Å². The lowest BCUT2D eigenvalue weighted by Crippen LogP contribution is -2.10. The molecule has 106 valence electrons. The summed E-state index contributed by atoms with van der Waals surface area (Å²) in [6.07, 6.45) is 0.664. The normalized spacial score (nSPS) is 10.3. The second kappa shape index (κ2) is 6.23. The summed E-state index contributed by atoms with van der Waals surface area (Å²) >= 11 is 0. The van der Waals surface area contributed by atoms with Crippen molar-refractivity contribution in [1.29, 1.82) is 0 Å². The van der Waals surface area contributed by atoms with E-state index in [1.54, 1.807) is 31.8 Å². The van der Waals surface area contributed by atoms with Crippen molar-refractivity contribution in [1.82, 2.24) is 9.78 Å². The number of benzene rings is 1. The van der Waals surface area contributed by atoms with Gasteiger partial charge in [0, 0.05) is 13.5 Å². The Morgan fingerprint density at radius 1 is 1.30 bits per heavy atom. The van der Waals surface area contributed by atoms with Crippen LogP contribution in [0.2, 0.25) is 0 Å². The van der Waals surface area contributed by atoms with Gasteiger partial charge in [0.05, 0.1) is 19.4 Å². The van der Waals surface area contributed by atoms with Crippen LogP contribution in [0.15, 0.2) is 30.3 Å². The predicted octanol–water partition coefficient (Wildman–Crippen LogP) is 2.20. The monoisotopic (exact) mass is 274 g/mol. The van der Waals surface area contributed by atoms with Gasteiger partial charge in [0.1, 0.15) is 11.4 Å². The third-order valence-electron chi connectivity index (χ3n) is 2.96. The van der Waals surface area contributed by atoms with Gasteiger partial charge in [0.15, 0.2) is 0 Å². The standard InChI is InChI=1S/C15H18N2O3/c1-4-20-15(18)14-10-12(16-17(14)2)9-11-5-7-13(19-3)8-6-11/h5-8,10H,4,9H2,1-3H3. The summed E-state index contributed by atoms with van der Waals surface area (Å²) in [6.45, 7) is 2.14. The minimum atomic E-state index is -0.344. The number of aryl methyl sites for hydroxylation is 1. The molecule has 2 rings (SSSR count). The first-order chi connectivity index (χ1) is 9.63. The Kier molecular flexibility index (Phi) is 4.40. The number of hydrogen-bond donors (Lipinski definition) is 0. The Morgan fingerprint density at radius 2 is 2.00 bits per heavy atom. The lowest BCUT2D eigenvalue weighted by Gasteiger charge is -2.01. The van der Waals surface area contributed by atoms with E-state index < -0.39 is 0 Å². The summed E-state index contributed by atoms with van der Waals surface area (Å²) in [5.41, 5.74) is 2.41. The number of aromatic nitrogens is 2.